The average molecular weight is 1690 g/mol. The van der Waals surface area contributed by atoms with Crippen LogP contribution in [-0.4, -0.2) is 67.4 Å². The Balaban J connectivity index is 0.0000000945. The van der Waals surface area contributed by atoms with E-state index >= 15 is 0 Å². The van der Waals surface area contributed by atoms with Gasteiger partial charge in [0, 0.05) is 118 Å². The maximum Gasteiger partial charge on any atom is 0.165 e. The molecule has 14 nitrogen and oxygen atoms in total. The number of para-hydroxylation sites is 2. The molecule has 0 spiro atoms. The molecule has 0 bridgehead atoms. The monoisotopic (exact) mass is 1690 g/mol. The van der Waals surface area contributed by atoms with Gasteiger partial charge in [0.25, 0.3) is 0 Å². The van der Waals surface area contributed by atoms with Gasteiger partial charge in [-0.15, -0.1) is 0 Å². The quantitative estimate of drug-likeness (QED) is 0.144. The van der Waals surface area contributed by atoms with E-state index in [-0.39, 0.29) is 0 Å². The predicted octanol–water partition coefficient (Wildman–Crippen LogP) is 28.9. The smallest absolute Gasteiger partial charge is 0.165 e. The lowest BCUT2D eigenvalue weighted by Gasteiger charge is -2.10. The Morgan fingerprint density at radius 3 is 0.894 bits per heavy atom. The van der Waals surface area contributed by atoms with Crippen molar-refractivity contribution in [3.05, 3.63) is 450 Å². The number of rotatable bonds is 8. The van der Waals surface area contributed by atoms with Crippen LogP contribution in [0.1, 0.15) is 0 Å². The molecule has 132 heavy (non-hydrogen) atoms. The number of imidazole rings is 4. The molecule has 0 aliphatic rings. The van der Waals surface area contributed by atoms with Crippen molar-refractivity contribution in [2.75, 3.05) is 0 Å². The van der Waals surface area contributed by atoms with E-state index in [1.807, 2.05) is 134 Å². The number of hydrogen-bond donors (Lipinski definition) is 0. The van der Waals surface area contributed by atoms with Crippen molar-refractivity contribution in [1.29, 1.82) is 0 Å². The maximum absolute atomic E-state index is 5.15. The van der Waals surface area contributed by atoms with Crippen molar-refractivity contribution in [2.24, 2.45) is 0 Å². The second-order valence-corrected chi connectivity index (χ2v) is 33.1. The molecule has 0 radical (unpaired) electrons. The highest BCUT2D eigenvalue weighted by molar-refractivity contribution is 6.14. The van der Waals surface area contributed by atoms with Crippen LogP contribution < -0.4 is 0 Å². The minimum atomic E-state index is 0.869. The molecule has 0 fully saturated rings. The molecule has 616 valence electrons. The molecule has 0 aliphatic carbocycles. The summed E-state index contributed by atoms with van der Waals surface area (Å²) in [4.78, 5) is 49.4. The lowest BCUT2D eigenvalue weighted by Crippen LogP contribution is -1.92. The van der Waals surface area contributed by atoms with Crippen molar-refractivity contribution in [3.8, 4) is 89.7 Å². The molecule has 0 unspecified atom stereocenters. The lowest BCUT2D eigenvalue weighted by molar-refractivity contribution is 1.19. The number of fused-ring (bicyclic) bond motifs is 24. The summed E-state index contributed by atoms with van der Waals surface area (Å²) in [6.45, 7) is 0. The first-order valence-corrected chi connectivity index (χ1v) is 44.1. The van der Waals surface area contributed by atoms with Gasteiger partial charge in [0.05, 0.1) is 39.5 Å². The first-order valence-electron chi connectivity index (χ1n) is 44.1. The maximum atomic E-state index is 5.15. The Morgan fingerprint density at radius 1 is 0.159 bits per heavy atom. The fourth-order valence-electron chi connectivity index (χ4n) is 18.7. The van der Waals surface area contributed by atoms with Gasteiger partial charge in [-0.25, -0.2) is 44.9 Å². The molecule has 0 atom stereocenters. The van der Waals surface area contributed by atoms with E-state index in [0.29, 0.717) is 0 Å². The van der Waals surface area contributed by atoms with E-state index in [2.05, 4.69) is 338 Å². The number of benzene rings is 14. The first kappa shape index (κ1) is 76.3. The third-order valence-corrected chi connectivity index (χ3v) is 25.2. The van der Waals surface area contributed by atoms with Crippen molar-refractivity contribution in [2.45, 2.75) is 0 Å². The van der Waals surface area contributed by atoms with Gasteiger partial charge in [0.1, 0.15) is 44.7 Å². The van der Waals surface area contributed by atoms with E-state index in [0.717, 1.165) is 200 Å². The van der Waals surface area contributed by atoms with Crippen molar-refractivity contribution in [1.82, 2.24) is 67.4 Å². The average Bonchev–Trinajstić information content (AvgIpc) is 1.58. The molecule has 28 rings (SSSR count). The summed E-state index contributed by atoms with van der Waals surface area (Å²) in [6.07, 6.45) is 10.0. The second-order valence-electron chi connectivity index (χ2n) is 33.1. The third-order valence-electron chi connectivity index (χ3n) is 25.2. The summed E-state index contributed by atoms with van der Waals surface area (Å²) in [5.41, 5.74) is 30.2. The van der Waals surface area contributed by atoms with E-state index < -0.39 is 0 Å². The number of aromatic nitrogens is 14. The van der Waals surface area contributed by atoms with Crippen LogP contribution in [0, 0.1) is 0 Å². The van der Waals surface area contributed by atoms with E-state index in [9.17, 15) is 0 Å². The zero-order valence-electron chi connectivity index (χ0n) is 71.0. The van der Waals surface area contributed by atoms with Crippen LogP contribution >= 0.6 is 0 Å². The highest BCUT2D eigenvalue weighted by atomic mass is 15.1. The number of nitrogens with zero attached hydrogens (tertiary/aromatic N) is 14. The fourth-order valence-corrected chi connectivity index (χ4v) is 18.7. The van der Waals surface area contributed by atoms with Crippen molar-refractivity contribution in [3.63, 3.8) is 0 Å². The minimum Gasteiger partial charge on any atom is -0.284 e. The molecule has 0 aliphatic heterocycles. The fraction of sp³-hybridized carbons (Fsp3) is 0. The van der Waals surface area contributed by atoms with Crippen LogP contribution in [0.5, 0.6) is 0 Å². The van der Waals surface area contributed by atoms with E-state index in [1.54, 1.807) is 0 Å². The molecule has 14 heteroatoms. The van der Waals surface area contributed by atoms with Gasteiger partial charge in [0.15, 0.2) is 22.6 Å². The summed E-state index contributed by atoms with van der Waals surface area (Å²) in [7, 11) is 0. The topological polar surface area (TPSA) is 147 Å². The first-order chi connectivity index (χ1) is 65.4. The van der Waals surface area contributed by atoms with Crippen molar-refractivity contribution >= 4 is 154 Å². The highest BCUT2D eigenvalue weighted by Crippen LogP contribution is 2.41. The summed E-state index contributed by atoms with van der Waals surface area (Å²) in [5, 5.41) is 16.2. The van der Waals surface area contributed by atoms with E-state index in [1.165, 1.54) is 43.8 Å². The molecule has 14 heterocycles. The number of hydrogen-bond acceptors (Lipinski definition) is 10. The zero-order chi connectivity index (χ0) is 87.1. The van der Waals surface area contributed by atoms with Crippen LogP contribution in [0.2, 0.25) is 0 Å². The van der Waals surface area contributed by atoms with Gasteiger partial charge >= 0.3 is 0 Å². The van der Waals surface area contributed by atoms with Crippen LogP contribution in [0.15, 0.2) is 450 Å². The molecular formula is C118H74N14. The Morgan fingerprint density at radius 2 is 0.455 bits per heavy atom. The van der Waals surface area contributed by atoms with Gasteiger partial charge in [-0.3, -0.25) is 22.6 Å². The molecule has 0 amide bonds. The molecule has 28 aromatic rings. The Bertz CT molecular complexity index is 8920. The Labute approximate surface area is 755 Å². The van der Waals surface area contributed by atoms with Crippen LogP contribution in [0.3, 0.4) is 0 Å². The summed E-state index contributed by atoms with van der Waals surface area (Å²) in [5.74, 6) is 0. The Hall–Kier alpha value is -18.1. The molecule has 0 saturated carbocycles. The molecule has 0 N–H and O–H groups in total. The third kappa shape index (κ3) is 13.6. The van der Waals surface area contributed by atoms with Gasteiger partial charge < -0.3 is 0 Å². The molecule has 14 aromatic carbocycles. The largest absolute Gasteiger partial charge is 0.284 e. The normalized spacial score (nSPS) is 11.6. The summed E-state index contributed by atoms with van der Waals surface area (Å²) in [6, 6.07) is 145. The molecule has 0 saturated heterocycles. The SMILES string of the molecule is c1cc(-c2ccc3ccccc3c2)cc(-c2nc3c(nc4ccccn43)c3ccccc23)c1.c1cc(-c2ccc3ccccc3n2)cc(-c2nc3c(nc4ccccn43)c3ccccc23)c1.c1ccc2cc(-c3ccc(-c4nc5c(nc6ccccn65)c5ccccc45)cc3)ccc2c1.c1ccc2ncc(-c3ccc(-c4nc5c(nc6ccccn65)c5ccccc45)cc3)cc2c1. The second kappa shape index (κ2) is 32.1. The van der Waals surface area contributed by atoms with Crippen LogP contribution in [-0.2, 0) is 0 Å². The van der Waals surface area contributed by atoms with Crippen LogP contribution in [0.25, 0.3) is 243 Å². The van der Waals surface area contributed by atoms with Crippen molar-refractivity contribution < 1.29 is 0 Å². The summed E-state index contributed by atoms with van der Waals surface area (Å²) >= 11 is 0. The molecular weight excluding hydrogens is 1610 g/mol. The highest BCUT2D eigenvalue weighted by Gasteiger charge is 2.22. The number of pyridine rings is 10. The van der Waals surface area contributed by atoms with Gasteiger partial charge in [-0.05, 0) is 146 Å². The molecule has 14 aromatic heterocycles. The predicted molar refractivity (Wildman–Crippen MR) is 541 cm³/mol. The van der Waals surface area contributed by atoms with Gasteiger partial charge in [-0.2, -0.15) is 0 Å². The Kier molecular flexibility index (Phi) is 18.5. The van der Waals surface area contributed by atoms with Gasteiger partial charge in [-0.1, -0.05) is 322 Å². The minimum absolute atomic E-state index is 0.869. The zero-order valence-corrected chi connectivity index (χ0v) is 71.0. The van der Waals surface area contributed by atoms with Crippen LogP contribution in [0.4, 0.5) is 0 Å². The van der Waals surface area contributed by atoms with E-state index in [4.69, 9.17) is 44.9 Å². The lowest BCUT2D eigenvalue weighted by atomic mass is 9.97. The summed E-state index contributed by atoms with van der Waals surface area (Å²) < 4.78 is 8.24. The van der Waals surface area contributed by atoms with Gasteiger partial charge in [0.2, 0.25) is 0 Å². The standard InChI is InChI=1S/2C30H19N3.2C29H18N4/c1-2-9-21-18-23(16-15-20(21)8-1)22-10-7-11-24(19-22)28-25-12-3-4-13-26(25)29-30(32-28)33-17-6-5-14-27(33)31-29;1-2-8-23-19-24(17-14-20(23)7-1)21-12-15-22(16-13-21)28-25-9-3-4-10-26(25)29-30(32-28)33-18-6-5-11-27(33)31-29;1-4-13-24-19(8-1)15-16-25(30-24)20-9-7-10-21(18-20)27-22-11-2-3-12-23(22)28-29(32-27)33-17-6-5-14-26(33)31-28;1-4-10-25-21(7-1)17-22(18-30-25)19-12-14-20(15-13-19)27-23-8-2-3-9-24(23)28-29(32-27)33-16-6-5-11-26(33)31-28/h2*1-19H;2*1-18H.